The number of aliphatic hydroxyl groups is 1. The Hall–Kier alpha value is -0.120. The molecular weight excluding hydrogens is 128 g/mol. The molecule has 5 N–H and O–H groups in total. The monoisotopic (exact) mass is 144 g/mol. The molecule has 0 spiro atoms. The normalized spacial score (nSPS) is 49.2. The van der Waals surface area contributed by atoms with Gasteiger partial charge in [-0.1, -0.05) is 0 Å². The topological polar surface area (TPSA) is 72.3 Å². The fourth-order valence-corrected chi connectivity index (χ4v) is 1.45. The van der Waals surface area contributed by atoms with Crippen molar-refractivity contribution in [2.75, 3.05) is 0 Å². The molecule has 0 aromatic rings. The van der Waals surface area contributed by atoms with Crippen molar-refractivity contribution in [2.45, 2.75) is 43.9 Å². The molecule has 0 aromatic heterocycles. The highest BCUT2D eigenvalue weighted by molar-refractivity contribution is 4.91. The van der Waals surface area contributed by atoms with Gasteiger partial charge in [0.1, 0.15) is 0 Å². The van der Waals surface area contributed by atoms with E-state index in [1.54, 1.807) is 0 Å². The highest BCUT2D eigenvalue weighted by Crippen LogP contribution is 2.25. The second-order valence-corrected chi connectivity index (χ2v) is 3.57. The van der Waals surface area contributed by atoms with Crippen LogP contribution in [0.15, 0.2) is 0 Å². The fourth-order valence-electron chi connectivity index (χ4n) is 1.45. The van der Waals surface area contributed by atoms with Crippen LogP contribution in [0.2, 0.25) is 0 Å². The maximum Gasteiger partial charge on any atom is 0.0635 e. The third-order valence-electron chi connectivity index (χ3n) is 2.24. The van der Waals surface area contributed by atoms with Crippen LogP contribution >= 0.6 is 0 Å². The molecule has 3 nitrogen and oxygen atoms in total. The van der Waals surface area contributed by atoms with Gasteiger partial charge in [0.15, 0.2) is 0 Å². The van der Waals surface area contributed by atoms with E-state index in [0.29, 0.717) is 6.42 Å². The molecule has 0 aromatic carbocycles. The lowest BCUT2D eigenvalue weighted by Gasteiger charge is -2.35. The molecule has 0 heterocycles. The second-order valence-electron chi connectivity index (χ2n) is 3.57. The summed E-state index contributed by atoms with van der Waals surface area (Å²) in [6, 6.07) is 0.0592. The maximum absolute atomic E-state index is 9.53. The molecule has 3 heteroatoms. The van der Waals surface area contributed by atoms with Crippen molar-refractivity contribution in [3.63, 3.8) is 0 Å². The van der Waals surface area contributed by atoms with E-state index >= 15 is 0 Å². The van der Waals surface area contributed by atoms with Gasteiger partial charge in [0.25, 0.3) is 0 Å². The average Bonchev–Trinajstić information content (AvgIpc) is 1.79. The Morgan fingerprint density at radius 3 is 2.40 bits per heavy atom. The summed E-state index contributed by atoms with van der Waals surface area (Å²) in [5.74, 6) is 0. The molecular formula is C7H16N2O. The smallest absolute Gasteiger partial charge is 0.0635 e. The van der Waals surface area contributed by atoms with E-state index in [1.807, 2.05) is 6.92 Å². The Balaban J connectivity index is 2.49. The van der Waals surface area contributed by atoms with Gasteiger partial charge >= 0.3 is 0 Å². The van der Waals surface area contributed by atoms with Crippen LogP contribution in [-0.2, 0) is 0 Å². The van der Waals surface area contributed by atoms with Gasteiger partial charge in [-0.25, -0.2) is 0 Å². The molecule has 0 aliphatic heterocycles. The third-order valence-corrected chi connectivity index (χ3v) is 2.24. The van der Waals surface area contributed by atoms with Crippen LogP contribution < -0.4 is 11.5 Å². The zero-order chi connectivity index (χ0) is 7.78. The first-order valence-corrected chi connectivity index (χ1v) is 3.75. The van der Waals surface area contributed by atoms with Gasteiger partial charge in [0.05, 0.1) is 5.60 Å². The van der Waals surface area contributed by atoms with Crippen LogP contribution in [0.25, 0.3) is 0 Å². The first kappa shape index (κ1) is 7.98. The van der Waals surface area contributed by atoms with Gasteiger partial charge in [0.2, 0.25) is 0 Å². The van der Waals surface area contributed by atoms with E-state index in [-0.39, 0.29) is 12.1 Å². The first-order chi connectivity index (χ1) is 4.51. The molecule has 1 rings (SSSR count). The minimum absolute atomic E-state index is 0.0243. The molecule has 1 saturated carbocycles. The summed E-state index contributed by atoms with van der Waals surface area (Å²) in [7, 11) is 0. The van der Waals surface area contributed by atoms with E-state index in [9.17, 15) is 5.11 Å². The Bertz CT molecular complexity index is 125. The minimum Gasteiger partial charge on any atom is -0.390 e. The molecule has 1 fully saturated rings. The second kappa shape index (κ2) is 2.49. The molecule has 10 heavy (non-hydrogen) atoms. The van der Waals surface area contributed by atoms with E-state index in [1.165, 1.54) is 0 Å². The van der Waals surface area contributed by atoms with Crippen LogP contribution in [0.3, 0.4) is 0 Å². The summed E-state index contributed by atoms with van der Waals surface area (Å²) in [6.45, 7) is 1.82. The molecule has 1 unspecified atom stereocenters. The Morgan fingerprint density at radius 1 is 1.40 bits per heavy atom. The predicted octanol–water partition coefficient (Wildman–Crippen LogP) is -0.424. The van der Waals surface area contributed by atoms with E-state index in [0.717, 1.165) is 12.8 Å². The summed E-state index contributed by atoms with van der Waals surface area (Å²) in [4.78, 5) is 0. The number of hydrogen-bond acceptors (Lipinski definition) is 3. The van der Waals surface area contributed by atoms with Gasteiger partial charge in [0, 0.05) is 12.1 Å². The van der Waals surface area contributed by atoms with Gasteiger partial charge in [-0.2, -0.15) is 0 Å². The highest BCUT2D eigenvalue weighted by atomic mass is 16.3. The fraction of sp³-hybridized carbons (Fsp3) is 1.00. The molecule has 0 amide bonds. The van der Waals surface area contributed by atoms with Crippen molar-refractivity contribution in [1.82, 2.24) is 0 Å². The zero-order valence-electron chi connectivity index (χ0n) is 6.38. The molecule has 0 bridgehead atoms. The van der Waals surface area contributed by atoms with Crippen LogP contribution in [0.1, 0.15) is 26.2 Å². The predicted molar refractivity (Wildman–Crippen MR) is 40.4 cm³/mol. The van der Waals surface area contributed by atoms with E-state index < -0.39 is 5.60 Å². The van der Waals surface area contributed by atoms with Crippen molar-refractivity contribution >= 4 is 0 Å². The van der Waals surface area contributed by atoms with Gasteiger partial charge in [-0.3, -0.25) is 0 Å². The van der Waals surface area contributed by atoms with Crippen LogP contribution in [0.4, 0.5) is 0 Å². The Labute approximate surface area is 61.4 Å². The maximum atomic E-state index is 9.53. The van der Waals surface area contributed by atoms with Gasteiger partial charge in [-0.05, 0) is 26.2 Å². The number of rotatable bonds is 0. The Kier molecular flexibility index (Phi) is 1.99. The third kappa shape index (κ3) is 1.68. The molecule has 0 saturated heterocycles. The zero-order valence-corrected chi connectivity index (χ0v) is 6.38. The van der Waals surface area contributed by atoms with Crippen LogP contribution in [0.5, 0.6) is 0 Å². The van der Waals surface area contributed by atoms with Gasteiger partial charge < -0.3 is 16.6 Å². The first-order valence-electron chi connectivity index (χ1n) is 3.75. The lowest BCUT2D eigenvalue weighted by Crippen LogP contribution is -2.51. The largest absolute Gasteiger partial charge is 0.390 e. The average molecular weight is 144 g/mol. The van der Waals surface area contributed by atoms with Crippen molar-refractivity contribution in [3.05, 3.63) is 0 Å². The molecule has 1 aliphatic rings. The SMILES string of the molecule is CC1(O)CC[C@H](N)[C@H](N)C1. The van der Waals surface area contributed by atoms with Crippen LogP contribution in [0, 0.1) is 0 Å². The summed E-state index contributed by atoms with van der Waals surface area (Å²) >= 11 is 0. The van der Waals surface area contributed by atoms with Crippen molar-refractivity contribution in [3.8, 4) is 0 Å². The lowest BCUT2D eigenvalue weighted by molar-refractivity contribution is 0.0103. The molecule has 0 radical (unpaired) electrons. The van der Waals surface area contributed by atoms with Crippen molar-refractivity contribution in [2.24, 2.45) is 11.5 Å². The number of hydrogen-bond donors (Lipinski definition) is 3. The van der Waals surface area contributed by atoms with Crippen LogP contribution in [-0.4, -0.2) is 22.8 Å². The Morgan fingerprint density at radius 2 is 2.00 bits per heavy atom. The van der Waals surface area contributed by atoms with Crippen molar-refractivity contribution < 1.29 is 5.11 Å². The quantitative estimate of drug-likeness (QED) is 0.432. The molecule has 3 atom stereocenters. The van der Waals surface area contributed by atoms with Gasteiger partial charge in [-0.15, -0.1) is 0 Å². The summed E-state index contributed by atoms with van der Waals surface area (Å²) in [5, 5.41) is 9.53. The minimum atomic E-state index is -0.574. The summed E-state index contributed by atoms with van der Waals surface area (Å²) in [6.07, 6.45) is 2.25. The lowest BCUT2D eigenvalue weighted by atomic mass is 9.81. The standard InChI is InChI=1S/C7H16N2O/c1-7(10)3-2-5(8)6(9)4-7/h5-6,10H,2-4,8-9H2,1H3/t5-,6+,7?/m0/s1. The molecule has 60 valence electrons. The highest BCUT2D eigenvalue weighted by Gasteiger charge is 2.32. The summed E-state index contributed by atoms with van der Waals surface area (Å²) < 4.78 is 0. The number of nitrogens with two attached hydrogens (primary N) is 2. The van der Waals surface area contributed by atoms with E-state index in [4.69, 9.17) is 11.5 Å². The summed E-state index contributed by atoms with van der Waals surface area (Å²) in [5.41, 5.74) is 10.8. The van der Waals surface area contributed by atoms with E-state index in [2.05, 4.69) is 0 Å². The van der Waals surface area contributed by atoms with Crippen molar-refractivity contribution in [1.29, 1.82) is 0 Å². The molecule has 1 aliphatic carbocycles.